The fourth-order valence-electron chi connectivity index (χ4n) is 1.65. The third kappa shape index (κ3) is 1.13. The second-order valence-electron chi connectivity index (χ2n) is 3.10. The number of rotatable bonds is 0. The SMILES string of the molecule is NC(=O)N1CCc2c1ccc(F)c2F. The smallest absolute Gasteiger partial charge is 0.319 e. The van der Waals surface area contributed by atoms with Crippen molar-refractivity contribution >= 4 is 11.7 Å². The van der Waals surface area contributed by atoms with Gasteiger partial charge in [-0.15, -0.1) is 0 Å². The van der Waals surface area contributed by atoms with Crippen LogP contribution in [0.15, 0.2) is 12.1 Å². The van der Waals surface area contributed by atoms with Crippen molar-refractivity contribution in [2.24, 2.45) is 5.73 Å². The summed E-state index contributed by atoms with van der Waals surface area (Å²) >= 11 is 0. The first-order valence-electron chi connectivity index (χ1n) is 4.15. The molecule has 2 N–H and O–H groups in total. The van der Waals surface area contributed by atoms with Crippen molar-refractivity contribution in [3.8, 4) is 0 Å². The van der Waals surface area contributed by atoms with Crippen LogP contribution in [0.25, 0.3) is 0 Å². The van der Waals surface area contributed by atoms with Crippen molar-refractivity contribution in [2.75, 3.05) is 11.4 Å². The molecule has 5 heteroatoms. The van der Waals surface area contributed by atoms with E-state index in [1.807, 2.05) is 0 Å². The summed E-state index contributed by atoms with van der Waals surface area (Å²) in [5.74, 6) is -1.78. The molecule has 0 fully saturated rings. The molecule has 1 heterocycles. The zero-order chi connectivity index (χ0) is 10.3. The van der Waals surface area contributed by atoms with Gasteiger partial charge in [-0.3, -0.25) is 4.90 Å². The van der Waals surface area contributed by atoms with Gasteiger partial charge in [0.15, 0.2) is 11.6 Å². The second kappa shape index (κ2) is 2.94. The summed E-state index contributed by atoms with van der Waals surface area (Å²) in [4.78, 5) is 12.1. The van der Waals surface area contributed by atoms with E-state index in [4.69, 9.17) is 5.73 Å². The minimum Gasteiger partial charge on any atom is -0.351 e. The van der Waals surface area contributed by atoms with Gasteiger partial charge in [0.2, 0.25) is 0 Å². The number of primary amides is 1. The van der Waals surface area contributed by atoms with Crippen LogP contribution < -0.4 is 10.6 Å². The minimum atomic E-state index is -0.893. The lowest BCUT2D eigenvalue weighted by atomic mass is 10.1. The van der Waals surface area contributed by atoms with Gasteiger partial charge in [-0.2, -0.15) is 0 Å². The van der Waals surface area contributed by atoms with E-state index in [0.29, 0.717) is 18.7 Å². The van der Waals surface area contributed by atoms with E-state index in [1.54, 1.807) is 0 Å². The number of nitrogens with zero attached hydrogens (tertiary/aromatic N) is 1. The largest absolute Gasteiger partial charge is 0.351 e. The zero-order valence-electron chi connectivity index (χ0n) is 7.26. The van der Waals surface area contributed by atoms with E-state index in [2.05, 4.69) is 0 Å². The Bertz CT molecular complexity index is 406. The monoisotopic (exact) mass is 198 g/mol. The molecule has 0 bridgehead atoms. The molecular formula is C9H8F2N2O. The number of halogens is 2. The molecule has 1 aromatic rings. The number of anilines is 1. The molecule has 0 spiro atoms. The maximum Gasteiger partial charge on any atom is 0.319 e. The molecule has 0 saturated heterocycles. The average molecular weight is 198 g/mol. The van der Waals surface area contributed by atoms with Gasteiger partial charge in [0.1, 0.15) is 0 Å². The Labute approximate surface area is 79.1 Å². The molecule has 0 saturated carbocycles. The van der Waals surface area contributed by atoms with Crippen molar-refractivity contribution in [3.05, 3.63) is 29.3 Å². The van der Waals surface area contributed by atoms with Crippen LogP contribution >= 0.6 is 0 Å². The number of carbonyl (C=O) groups is 1. The Balaban J connectivity index is 2.53. The maximum atomic E-state index is 13.2. The lowest BCUT2D eigenvalue weighted by Gasteiger charge is -2.13. The van der Waals surface area contributed by atoms with Crippen LogP contribution in [0, 0.1) is 11.6 Å². The van der Waals surface area contributed by atoms with Crippen LogP contribution in [0.4, 0.5) is 19.3 Å². The molecule has 1 aliphatic rings. The van der Waals surface area contributed by atoms with E-state index in [9.17, 15) is 13.6 Å². The Kier molecular flexibility index (Phi) is 1.87. The summed E-state index contributed by atoms with van der Waals surface area (Å²) < 4.78 is 26.0. The summed E-state index contributed by atoms with van der Waals surface area (Å²) in [5.41, 5.74) is 5.67. The van der Waals surface area contributed by atoms with Gasteiger partial charge in [-0.1, -0.05) is 0 Å². The van der Waals surface area contributed by atoms with Crippen molar-refractivity contribution in [1.29, 1.82) is 0 Å². The molecule has 0 radical (unpaired) electrons. The normalized spacial score (nSPS) is 14.3. The van der Waals surface area contributed by atoms with Gasteiger partial charge in [0.05, 0.1) is 5.69 Å². The van der Waals surface area contributed by atoms with E-state index in [-0.39, 0.29) is 5.56 Å². The highest BCUT2D eigenvalue weighted by Gasteiger charge is 2.26. The Morgan fingerprint density at radius 1 is 1.43 bits per heavy atom. The molecule has 0 aliphatic carbocycles. The molecule has 2 amide bonds. The summed E-state index contributed by atoms with van der Waals surface area (Å²) in [6.45, 7) is 0.311. The van der Waals surface area contributed by atoms with Crippen LogP contribution in [0.3, 0.4) is 0 Å². The number of hydrogen-bond donors (Lipinski definition) is 1. The second-order valence-corrected chi connectivity index (χ2v) is 3.10. The summed E-state index contributed by atoms with van der Waals surface area (Å²) in [6.07, 6.45) is 0.307. The lowest BCUT2D eigenvalue weighted by Crippen LogP contribution is -2.33. The van der Waals surface area contributed by atoms with Gasteiger partial charge >= 0.3 is 6.03 Å². The first kappa shape index (κ1) is 8.93. The third-order valence-electron chi connectivity index (χ3n) is 2.31. The minimum absolute atomic E-state index is 0.226. The fourth-order valence-corrected chi connectivity index (χ4v) is 1.65. The van der Waals surface area contributed by atoms with Gasteiger partial charge in [-0.05, 0) is 18.6 Å². The van der Waals surface area contributed by atoms with Crippen molar-refractivity contribution < 1.29 is 13.6 Å². The Morgan fingerprint density at radius 2 is 2.14 bits per heavy atom. The molecule has 0 atom stereocenters. The van der Waals surface area contributed by atoms with Crippen LogP contribution in [0.2, 0.25) is 0 Å². The predicted molar refractivity (Wildman–Crippen MR) is 47.0 cm³/mol. The number of amides is 2. The number of urea groups is 1. The predicted octanol–water partition coefficient (Wildman–Crippen LogP) is 1.41. The van der Waals surface area contributed by atoms with Crippen molar-refractivity contribution in [1.82, 2.24) is 0 Å². The molecule has 14 heavy (non-hydrogen) atoms. The Morgan fingerprint density at radius 3 is 2.79 bits per heavy atom. The molecule has 0 aromatic heterocycles. The van der Waals surface area contributed by atoms with Crippen molar-refractivity contribution in [2.45, 2.75) is 6.42 Å². The summed E-state index contributed by atoms with van der Waals surface area (Å²) in [5, 5.41) is 0. The number of fused-ring (bicyclic) bond motifs is 1. The van der Waals surface area contributed by atoms with E-state index in [0.717, 1.165) is 6.07 Å². The molecule has 74 valence electrons. The van der Waals surface area contributed by atoms with Gasteiger partial charge in [0.25, 0.3) is 0 Å². The third-order valence-corrected chi connectivity index (χ3v) is 2.31. The molecule has 3 nitrogen and oxygen atoms in total. The van der Waals surface area contributed by atoms with Gasteiger partial charge in [-0.25, -0.2) is 13.6 Å². The molecule has 0 unspecified atom stereocenters. The Hall–Kier alpha value is -1.65. The number of carbonyl (C=O) groups excluding carboxylic acids is 1. The topological polar surface area (TPSA) is 46.3 Å². The highest BCUT2D eigenvalue weighted by atomic mass is 19.2. The van der Waals surface area contributed by atoms with E-state index < -0.39 is 17.7 Å². The van der Waals surface area contributed by atoms with Gasteiger partial charge < -0.3 is 5.73 Å². The van der Waals surface area contributed by atoms with Crippen LogP contribution in [-0.2, 0) is 6.42 Å². The van der Waals surface area contributed by atoms with Crippen LogP contribution in [-0.4, -0.2) is 12.6 Å². The molecular weight excluding hydrogens is 190 g/mol. The van der Waals surface area contributed by atoms with Crippen molar-refractivity contribution in [3.63, 3.8) is 0 Å². The van der Waals surface area contributed by atoms with Gasteiger partial charge in [0, 0.05) is 12.1 Å². The fraction of sp³-hybridized carbons (Fsp3) is 0.222. The molecule has 1 aromatic carbocycles. The standard InChI is InChI=1S/C9H8F2N2O/c10-6-1-2-7-5(8(6)11)3-4-13(7)9(12)14/h1-2H,3-4H2,(H2,12,14). The maximum absolute atomic E-state index is 13.2. The quantitative estimate of drug-likeness (QED) is 0.673. The average Bonchev–Trinajstić information content (AvgIpc) is 2.55. The summed E-state index contributed by atoms with van der Waals surface area (Å²) in [7, 11) is 0. The lowest BCUT2D eigenvalue weighted by molar-refractivity contribution is 0.254. The van der Waals surface area contributed by atoms with E-state index in [1.165, 1.54) is 11.0 Å². The molecule has 1 aliphatic heterocycles. The highest BCUT2D eigenvalue weighted by Crippen LogP contribution is 2.30. The van der Waals surface area contributed by atoms with Crippen LogP contribution in [0.5, 0.6) is 0 Å². The molecule has 2 rings (SSSR count). The number of benzene rings is 1. The summed E-state index contributed by atoms with van der Waals surface area (Å²) in [6, 6.07) is 1.72. The number of hydrogen-bond acceptors (Lipinski definition) is 1. The van der Waals surface area contributed by atoms with E-state index >= 15 is 0 Å². The van der Waals surface area contributed by atoms with Crippen LogP contribution in [0.1, 0.15) is 5.56 Å². The number of nitrogens with two attached hydrogens (primary N) is 1. The first-order chi connectivity index (χ1) is 6.61. The first-order valence-corrected chi connectivity index (χ1v) is 4.15. The zero-order valence-corrected chi connectivity index (χ0v) is 7.26. The highest BCUT2D eigenvalue weighted by molar-refractivity contribution is 5.93.